The Labute approximate surface area is 217 Å². The summed E-state index contributed by atoms with van der Waals surface area (Å²) in [5.41, 5.74) is 2.96. The Hall–Kier alpha value is -3.14. The van der Waals surface area contributed by atoms with E-state index in [2.05, 4.69) is 0 Å². The average Bonchev–Trinajstić information content (AvgIpc) is 3.38. The number of hydrogen-bond donors (Lipinski definition) is 1. The van der Waals surface area contributed by atoms with Crippen molar-refractivity contribution in [1.29, 1.82) is 0 Å². The Morgan fingerprint density at radius 3 is 2.71 bits per heavy atom. The van der Waals surface area contributed by atoms with E-state index in [4.69, 9.17) is 38.8 Å². The molecule has 0 bridgehead atoms. The maximum atomic E-state index is 12.9. The number of benzene rings is 2. The van der Waals surface area contributed by atoms with E-state index in [1.165, 1.54) is 4.90 Å². The van der Waals surface area contributed by atoms with Crippen LogP contribution in [0.1, 0.15) is 25.3 Å². The fourth-order valence-electron chi connectivity index (χ4n) is 3.45. The lowest BCUT2D eigenvalue weighted by atomic mass is 10.1. The van der Waals surface area contributed by atoms with Crippen molar-refractivity contribution in [1.82, 2.24) is 14.7 Å². The van der Waals surface area contributed by atoms with Gasteiger partial charge in [0.15, 0.2) is 0 Å². The van der Waals surface area contributed by atoms with Crippen molar-refractivity contribution < 1.29 is 19.4 Å². The predicted molar refractivity (Wildman–Crippen MR) is 142 cm³/mol. The van der Waals surface area contributed by atoms with Crippen LogP contribution in [-0.2, 0) is 9.59 Å². The van der Waals surface area contributed by atoms with Gasteiger partial charge in [-0.05, 0) is 42.8 Å². The lowest BCUT2D eigenvalue weighted by Gasteiger charge is -2.12. The van der Waals surface area contributed by atoms with Crippen LogP contribution in [0.25, 0.3) is 23.0 Å². The van der Waals surface area contributed by atoms with Crippen molar-refractivity contribution in [2.24, 2.45) is 0 Å². The number of ether oxygens (including phenoxy) is 1. The van der Waals surface area contributed by atoms with E-state index < -0.39 is 5.97 Å². The third-order valence-electron chi connectivity index (χ3n) is 5.14. The quantitative estimate of drug-likeness (QED) is 0.284. The molecule has 0 radical (unpaired) electrons. The minimum absolute atomic E-state index is 0.0301. The van der Waals surface area contributed by atoms with Gasteiger partial charge in [0.1, 0.15) is 15.8 Å². The number of aliphatic carboxylic acids is 1. The van der Waals surface area contributed by atoms with Crippen LogP contribution >= 0.6 is 35.6 Å². The topological polar surface area (TPSA) is 84.7 Å². The second-order valence-electron chi connectivity index (χ2n) is 7.68. The van der Waals surface area contributed by atoms with Gasteiger partial charge in [0.2, 0.25) is 0 Å². The minimum atomic E-state index is -0.988. The van der Waals surface area contributed by atoms with Crippen molar-refractivity contribution in [3.05, 3.63) is 70.2 Å². The number of para-hydroxylation sites is 1. The molecule has 1 fully saturated rings. The molecule has 1 aromatic heterocycles. The predicted octanol–water partition coefficient (Wildman–Crippen LogP) is 5.66. The number of amides is 1. The molecular formula is C25H22ClN3O4S2. The van der Waals surface area contributed by atoms with E-state index in [0.717, 1.165) is 29.4 Å². The number of rotatable bonds is 9. The molecule has 1 amide bonds. The first-order chi connectivity index (χ1) is 16.9. The van der Waals surface area contributed by atoms with Crippen LogP contribution in [-0.4, -0.2) is 49.1 Å². The minimum Gasteiger partial charge on any atom is -0.492 e. The third kappa shape index (κ3) is 5.75. The van der Waals surface area contributed by atoms with Gasteiger partial charge >= 0.3 is 5.97 Å². The van der Waals surface area contributed by atoms with Gasteiger partial charge in [-0.1, -0.05) is 60.7 Å². The van der Waals surface area contributed by atoms with E-state index in [0.29, 0.717) is 37.9 Å². The fourth-order valence-corrected chi connectivity index (χ4v) is 4.98. The lowest BCUT2D eigenvalue weighted by molar-refractivity contribution is -0.137. The first-order valence-electron chi connectivity index (χ1n) is 10.9. The van der Waals surface area contributed by atoms with E-state index >= 15 is 0 Å². The highest BCUT2D eigenvalue weighted by Crippen LogP contribution is 2.36. The monoisotopic (exact) mass is 527 g/mol. The number of halogens is 1. The molecule has 0 unspecified atom stereocenters. The molecule has 0 spiro atoms. The SMILES string of the molecule is CCCOc1ccc(-c2nn(-c3ccccc3)cc2/C=C2\SC(=S)N(CCC(=O)O)C2=O)cc1Cl. The van der Waals surface area contributed by atoms with Crippen molar-refractivity contribution >= 4 is 57.9 Å². The van der Waals surface area contributed by atoms with Gasteiger partial charge in [0.05, 0.1) is 28.6 Å². The summed E-state index contributed by atoms with van der Waals surface area (Å²) in [5.74, 6) is -0.709. The zero-order valence-corrected chi connectivity index (χ0v) is 21.2. The van der Waals surface area contributed by atoms with Gasteiger partial charge in [-0.15, -0.1) is 0 Å². The second-order valence-corrected chi connectivity index (χ2v) is 9.77. The number of carbonyl (C=O) groups excluding carboxylic acids is 1. The molecule has 35 heavy (non-hydrogen) atoms. The molecule has 10 heteroatoms. The van der Waals surface area contributed by atoms with Crippen molar-refractivity contribution in [2.45, 2.75) is 19.8 Å². The normalized spacial score (nSPS) is 14.7. The highest BCUT2D eigenvalue weighted by atomic mass is 35.5. The summed E-state index contributed by atoms with van der Waals surface area (Å²) in [6.07, 6.45) is 4.26. The molecule has 180 valence electrons. The third-order valence-corrected chi connectivity index (χ3v) is 6.81. The number of hydrogen-bond acceptors (Lipinski definition) is 6. The molecule has 1 aliphatic rings. The summed E-state index contributed by atoms with van der Waals surface area (Å²) in [6.45, 7) is 2.62. The number of carbonyl (C=O) groups is 2. The van der Waals surface area contributed by atoms with Gasteiger partial charge in [-0.3, -0.25) is 14.5 Å². The van der Waals surface area contributed by atoms with Crippen LogP contribution in [0, 0.1) is 0 Å². The van der Waals surface area contributed by atoms with Crippen LogP contribution in [0.5, 0.6) is 5.75 Å². The zero-order chi connectivity index (χ0) is 24.9. The van der Waals surface area contributed by atoms with Crippen LogP contribution in [0.3, 0.4) is 0 Å². The molecule has 2 aromatic carbocycles. The van der Waals surface area contributed by atoms with Crippen LogP contribution in [0.4, 0.5) is 0 Å². The van der Waals surface area contributed by atoms with Crippen molar-refractivity contribution in [3.8, 4) is 22.7 Å². The fraction of sp³-hybridized carbons (Fsp3) is 0.200. The summed E-state index contributed by atoms with van der Waals surface area (Å²) in [7, 11) is 0. The Morgan fingerprint density at radius 2 is 2.03 bits per heavy atom. The molecule has 0 atom stereocenters. The number of thiocarbonyl (C=S) groups is 1. The summed E-state index contributed by atoms with van der Waals surface area (Å²) >= 11 is 12.9. The average molecular weight is 528 g/mol. The van der Waals surface area contributed by atoms with Crippen LogP contribution in [0.15, 0.2) is 59.6 Å². The standard InChI is InChI=1S/C25H22ClN3O4S2/c1-2-12-33-20-9-8-16(13-19(20)26)23-17(15-29(27-23)18-6-4-3-5-7-18)14-21-24(32)28(25(34)35-21)11-10-22(30)31/h3-9,13-15H,2,10-12H2,1H3,(H,30,31)/b21-14-. The molecule has 1 saturated heterocycles. The number of carboxylic acid groups (broad SMARTS) is 1. The lowest BCUT2D eigenvalue weighted by Crippen LogP contribution is -2.30. The highest BCUT2D eigenvalue weighted by Gasteiger charge is 2.32. The molecule has 0 saturated carbocycles. The highest BCUT2D eigenvalue weighted by molar-refractivity contribution is 8.26. The Morgan fingerprint density at radius 1 is 1.26 bits per heavy atom. The first-order valence-corrected chi connectivity index (χ1v) is 12.5. The molecule has 1 aliphatic heterocycles. The summed E-state index contributed by atoms with van der Waals surface area (Å²) in [4.78, 5) is 25.6. The smallest absolute Gasteiger partial charge is 0.305 e. The van der Waals surface area contributed by atoms with Crippen molar-refractivity contribution in [2.75, 3.05) is 13.2 Å². The van der Waals surface area contributed by atoms with Gasteiger partial charge in [0, 0.05) is 23.9 Å². The van der Waals surface area contributed by atoms with Crippen molar-refractivity contribution in [3.63, 3.8) is 0 Å². The maximum Gasteiger partial charge on any atom is 0.305 e. The molecular weight excluding hydrogens is 506 g/mol. The largest absolute Gasteiger partial charge is 0.492 e. The molecule has 2 heterocycles. The van der Waals surface area contributed by atoms with Crippen LogP contribution < -0.4 is 4.74 Å². The van der Waals surface area contributed by atoms with Gasteiger partial charge in [-0.25, -0.2) is 4.68 Å². The number of nitrogens with zero attached hydrogens (tertiary/aromatic N) is 3. The Kier molecular flexibility index (Phi) is 7.90. The Balaban J connectivity index is 1.73. The molecule has 7 nitrogen and oxygen atoms in total. The first kappa shape index (κ1) is 25.0. The number of aromatic nitrogens is 2. The van der Waals surface area contributed by atoms with Crippen LogP contribution in [0.2, 0.25) is 5.02 Å². The summed E-state index contributed by atoms with van der Waals surface area (Å²) < 4.78 is 7.76. The van der Waals surface area contributed by atoms with E-state index in [1.54, 1.807) is 16.8 Å². The van der Waals surface area contributed by atoms with E-state index in [1.807, 2.05) is 55.6 Å². The number of thioether (sulfide) groups is 1. The Bertz CT molecular complexity index is 1310. The van der Waals surface area contributed by atoms with Gasteiger partial charge in [0.25, 0.3) is 5.91 Å². The van der Waals surface area contributed by atoms with E-state index in [-0.39, 0.29) is 18.9 Å². The van der Waals surface area contributed by atoms with Gasteiger partial charge in [-0.2, -0.15) is 5.10 Å². The zero-order valence-electron chi connectivity index (χ0n) is 18.8. The van der Waals surface area contributed by atoms with Gasteiger partial charge < -0.3 is 9.84 Å². The molecule has 4 rings (SSSR count). The molecule has 1 N–H and O–H groups in total. The van der Waals surface area contributed by atoms with E-state index in [9.17, 15) is 9.59 Å². The molecule has 0 aliphatic carbocycles. The maximum absolute atomic E-state index is 12.9. The summed E-state index contributed by atoms with van der Waals surface area (Å²) in [6, 6.07) is 15.1. The second kappa shape index (κ2) is 11.1. The summed E-state index contributed by atoms with van der Waals surface area (Å²) in [5, 5.41) is 14.2. The number of carboxylic acids is 1. The molecule has 3 aromatic rings.